The first kappa shape index (κ1) is 20.5. The van der Waals surface area contributed by atoms with Crippen LogP contribution in [0.4, 0.5) is 5.69 Å². The molecule has 148 valence electrons. The summed E-state index contributed by atoms with van der Waals surface area (Å²) in [4.78, 5) is 26.3. The van der Waals surface area contributed by atoms with Crippen LogP contribution in [0.2, 0.25) is 0 Å². The Balaban J connectivity index is 1.52. The minimum Gasteiger partial charge on any atom is -0.479 e. The standard InChI is InChI=1S/C23H21NO4S/c1-17(28-18-10-4-2-5-11-18)23(26)27-16-22(25)24-20-14-8-9-15-21(20)29-19-12-6-3-7-13-19/h2-15,17H,16H2,1H3,(H,24,25)/t17-/m1/s1. The third-order valence-electron chi connectivity index (χ3n) is 3.87. The first-order chi connectivity index (χ1) is 14.1. The van der Waals surface area contributed by atoms with E-state index < -0.39 is 18.0 Å². The van der Waals surface area contributed by atoms with Gasteiger partial charge in [0.05, 0.1) is 5.69 Å². The molecule has 0 aliphatic carbocycles. The Morgan fingerprint density at radius 1 is 0.897 bits per heavy atom. The van der Waals surface area contributed by atoms with Crippen molar-refractivity contribution in [3.63, 3.8) is 0 Å². The molecule has 1 N–H and O–H groups in total. The Labute approximate surface area is 174 Å². The molecule has 0 saturated heterocycles. The average Bonchev–Trinajstić information content (AvgIpc) is 2.75. The van der Waals surface area contributed by atoms with E-state index in [1.807, 2.05) is 72.8 Å². The van der Waals surface area contributed by atoms with E-state index in [1.165, 1.54) is 0 Å². The third kappa shape index (κ3) is 6.40. The summed E-state index contributed by atoms with van der Waals surface area (Å²) in [5.41, 5.74) is 0.663. The number of ether oxygens (including phenoxy) is 2. The van der Waals surface area contributed by atoms with Crippen molar-refractivity contribution in [2.45, 2.75) is 22.8 Å². The van der Waals surface area contributed by atoms with Crippen LogP contribution in [0.3, 0.4) is 0 Å². The van der Waals surface area contributed by atoms with Gasteiger partial charge < -0.3 is 14.8 Å². The van der Waals surface area contributed by atoms with Gasteiger partial charge in [-0.3, -0.25) is 4.79 Å². The van der Waals surface area contributed by atoms with Gasteiger partial charge in [-0.15, -0.1) is 0 Å². The van der Waals surface area contributed by atoms with Crippen LogP contribution in [-0.2, 0) is 14.3 Å². The van der Waals surface area contributed by atoms with Gasteiger partial charge in [0, 0.05) is 9.79 Å². The predicted octanol–water partition coefficient (Wildman–Crippen LogP) is 4.79. The summed E-state index contributed by atoms with van der Waals surface area (Å²) in [6.45, 7) is 1.20. The molecule has 0 saturated carbocycles. The fraction of sp³-hybridized carbons (Fsp3) is 0.130. The van der Waals surface area contributed by atoms with Gasteiger partial charge in [0.15, 0.2) is 12.7 Å². The van der Waals surface area contributed by atoms with Crippen LogP contribution < -0.4 is 10.1 Å². The van der Waals surface area contributed by atoms with Gasteiger partial charge in [-0.05, 0) is 43.3 Å². The van der Waals surface area contributed by atoms with Crippen LogP contribution in [-0.4, -0.2) is 24.6 Å². The number of anilines is 1. The lowest BCUT2D eigenvalue weighted by molar-refractivity contribution is -0.153. The highest BCUT2D eigenvalue weighted by Gasteiger charge is 2.18. The third-order valence-corrected chi connectivity index (χ3v) is 4.95. The van der Waals surface area contributed by atoms with Crippen molar-refractivity contribution in [3.05, 3.63) is 84.9 Å². The quantitative estimate of drug-likeness (QED) is 0.544. The van der Waals surface area contributed by atoms with Gasteiger partial charge in [0.25, 0.3) is 5.91 Å². The Hall–Kier alpha value is -3.25. The molecule has 1 amide bonds. The maximum atomic E-state index is 12.3. The van der Waals surface area contributed by atoms with E-state index >= 15 is 0 Å². The minimum atomic E-state index is -0.814. The summed E-state index contributed by atoms with van der Waals surface area (Å²) in [7, 11) is 0. The number of rotatable bonds is 8. The van der Waals surface area contributed by atoms with Gasteiger partial charge in [-0.25, -0.2) is 4.79 Å². The zero-order valence-electron chi connectivity index (χ0n) is 15.9. The largest absolute Gasteiger partial charge is 0.479 e. The maximum Gasteiger partial charge on any atom is 0.347 e. The highest BCUT2D eigenvalue weighted by Crippen LogP contribution is 2.33. The smallest absolute Gasteiger partial charge is 0.347 e. The van der Waals surface area contributed by atoms with E-state index in [0.29, 0.717) is 11.4 Å². The fourth-order valence-corrected chi connectivity index (χ4v) is 3.39. The normalized spacial score (nSPS) is 11.3. The molecule has 0 radical (unpaired) electrons. The van der Waals surface area contributed by atoms with Gasteiger partial charge in [0.2, 0.25) is 0 Å². The first-order valence-corrected chi connectivity index (χ1v) is 9.93. The van der Waals surface area contributed by atoms with Crippen LogP contribution in [0.15, 0.2) is 94.7 Å². The van der Waals surface area contributed by atoms with Crippen molar-refractivity contribution >= 4 is 29.3 Å². The van der Waals surface area contributed by atoms with Crippen molar-refractivity contribution in [2.24, 2.45) is 0 Å². The van der Waals surface area contributed by atoms with Gasteiger partial charge in [0.1, 0.15) is 5.75 Å². The summed E-state index contributed by atoms with van der Waals surface area (Å²) in [6.07, 6.45) is -0.814. The molecule has 0 unspecified atom stereocenters. The number of carbonyl (C=O) groups is 2. The molecular weight excluding hydrogens is 386 g/mol. The highest BCUT2D eigenvalue weighted by atomic mass is 32.2. The van der Waals surface area contributed by atoms with Crippen molar-refractivity contribution < 1.29 is 19.1 Å². The van der Waals surface area contributed by atoms with E-state index in [-0.39, 0.29) is 6.61 Å². The monoisotopic (exact) mass is 407 g/mol. The first-order valence-electron chi connectivity index (χ1n) is 9.12. The van der Waals surface area contributed by atoms with Gasteiger partial charge in [-0.1, -0.05) is 60.3 Å². The summed E-state index contributed by atoms with van der Waals surface area (Å²) in [5, 5.41) is 2.80. The number of hydrogen-bond acceptors (Lipinski definition) is 5. The molecule has 0 bridgehead atoms. The van der Waals surface area contributed by atoms with Crippen molar-refractivity contribution in [3.8, 4) is 5.75 Å². The molecule has 6 heteroatoms. The van der Waals surface area contributed by atoms with Crippen LogP contribution in [0, 0.1) is 0 Å². The van der Waals surface area contributed by atoms with E-state index in [2.05, 4.69) is 5.32 Å². The lowest BCUT2D eigenvalue weighted by atomic mass is 10.3. The minimum absolute atomic E-state index is 0.383. The number of benzene rings is 3. The van der Waals surface area contributed by atoms with Gasteiger partial charge >= 0.3 is 5.97 Å². The zero-order chi connectivity index (χ0) is 20.5. The predicted molar refractivity (Wildman–Crippen MR) is 113 cm³/mol. The molecule has 3 rings (SSSR count). The van der Waals surface area contributed by atoms with Crippen LogP contribution >= 0.6 is 11.8 Å². The van der Waals surface area contributed by atoms with Crippen molar-refractivity contribution in [2.75, 3.05) is 11.9 Å². The van der Waals surface area contributed by atoms with E-state index in [9.17, 15) is 9.59 Å². The Morgan fingerprint density at radius 3 is 2.24 bits per heavy atom. The number of para-hydroxylation sites is 2. The second kappa shape index (κ2) is 10.3. The number of esters is 1. The van der Waals surface area contributed by atoms with Crippen LogP contribution in [0.5, 0.6) is 5.75 Å². The molecule has 0 aliphatic rings. The Bertz CT molecular complexity index is 947. The summed E-state index contributed by atoms with van der Waals surface area (Å²) >= 11 is 1.54. The SMILES string of the molecule is C[C@@H](Oc1ccccc1)C(=O)OCC(=O)Nc1ccccc1Sc1ccccc1. The number of nitrogens with one attached hydrogen (secondary N) is 1. The molecule has 0 fully saturated rings. The second-order valence-corrected chi connectivity index (χ2v) is 7.26. The Morgan fingerprint density at radius 2 is 1.52 bits per heavy atom. The number of amides is 1. The lowest BCUT2D eigenvalue weighted by Gasteiger charge is -2.14. The highest BCUT2D eigenvalue weighted by molar-refractivity contribution is 7.99. The van der Waals surface area contributed by atoms with E-state index in [1.54, 1.807) is 30.8 Å². The van der Waals surface area contributed by atoms with Crippen molar-refractivity contribution in [1.29, 1.82) is 0 Å². The van der Waals surface area contributed by atoms with Crippen LogP contribution in [0.1, 0.15) is 6.92 Å². The molecule has 29 heavy (non-hydrogen) atoms. The molecule has 0 heterocycles. The number of hydrogen-bond donors (Lipinski definition) is 1. The van der Waals surface area contributed by atoms with E-state index in [4.69, 9.17) is 9.47 Å². The molecular formula is C23H21NO4S. The molecule has 3 aromatic carbocycles. The summed E-state index contributed by atoms with van der Waals surface area (Å²) in [5.74, 6) is -0.449. The molecule has 0 aliphatic heterocycles. The maximum absolute atomic E-state index is 12.3. The average molecular weight is 407 g/mol. The molecule has 0 spiro atoms. The molecule has 3 aromatic rings. The lowest BCUT2D eigenvalue weighted by Crippen LogP contribution is -2.29. The summed E-state index contributed by atoms with van der Waals surface area (Å²) < 4.78 is 10.6. The fourth-order valence-electron chi connectivity index (χ4n) is 2.47. The van der Waals surface area contributed by atoms with Crippen LogP contribution in [0.25, 0.3) is 0 Å². The molecule has 0 aromatic heterocycles. The topological polar surface area (TPSA) is 64.6 Å². The number of carbonyl (C=O) groups excluding carboxylic acids is 2. The Kier molecular flexibility index (Phi) is 7.30. The molecule has 5 nitrogen and oxygen atoms in total. The van der Waals surface area contributed by atoms with E-state index in [0.717, 1.165) is 9.79 Å². The van der Waals surface area contributed by atoms with Gasteiger partial charge in [-0.2, -0.15) is 0 Å². The summed E-state index contributed by atoms with van der Waals surface area (Å²) in [6, 6.07) is 26.3. The molecule has 1 atom stereocenters. The van der Waals surface area contributed by atoms with Crippen molar-refractivity contribution in [1.82, 2.24) is 0 Å². The zero-order valence-corrected chi connectivity index (χ0v) is 16.7. The second-order valence-electron chi connectivity index (χ2n) is 6.14.